The van der Waals surface area contributed by atoms with Gasteiger partial charge in [0.25, 0.3) is 0 Å². The van der Waals surface area contributed by atoms with Gasteiger partial charge in [-0.25, -0.2) is 4.98 Å². The molecule has 0 saturated heterocycles. The van der Waals surface area contributed by atoms with Crippen LogP contribution in [0, 0.1) is 5.92 Å². The summed E-state index contributed by atoms with van der Waals surface area (Å²) in [5.41, 5.74) is 2.71. The molecule has 1 N–H and O–H groups in total. The van der Waals surface area contributed by atoms with E-state index in [0.29, 0.717) is 43.0 Å². The van der Waals surface area contributed by atoms with E-state index in [-0.39, 0.29) is 6.42 Å². The lowest BCUT2D eigenvalue weighted by atomic mass is 9.90. The standard InChI is InChI=1S/C27H30N2O4/c30-26(31)12-7-17-32-23-15-13-22(14-16-23)27-28-24(21-10-5-2-6-11-21)18-25(29-27)33-19-20-8-3-1-4-9-20/h2,5-6,10-11,13-16,18,20H,1,3-4,7-9,12,17,19H2,(H,30,31). The molecule has 1 saturated carbocycles. The second-order valence-corrected chi connectivity index (χ2v) is 8.47. The molecule has 0 aliphatic heterocycles. The summed E-state index contributed by atoms with van der Waals surface area (Å²) in [4.78, 5) is 20.1. The van der Waals surface area contributed by atoms with Gasteiger partial charge in [-0.3, -0.25) is 4.79 Å². The molecular formula is C27H30N2O4. The summed E-state index contributed by atoms with van der Waals surface area (Å²) in [5, 5.41) is 8.73. The average molecular weight is 447 g/mol. The van der Waals surface area contributed by atoms with Crippen molar-refractivity contribution in [3.63, 3.8) is 0 Å². The van der Waals surface area contributed by atoms with Gasteiger partial charge >= 0.3 is 5.97 Å². The van der Waals surface area contributed by atoms with Crippen molar-refractivity contribution >= 4 is 5.97 Å². The fraction of sp³-hybridized carbons (Fsp3) is 0.370. The van der Waals surface area contributed by atoms with Crippen molar-refractivity contribution in [3.8, 4) is 34.3 Å². The number of ether oxygens (including phenoxy) is 2. The van der Waals surface area contributed by atoms with Gasteiger partial charge in [0.15, 0.2) is 5.82 Å². The first-order valence-electron chi connectivity index (χ1n) is 11.7. The van der Waals surface area contributed by atoms with E-state index in [1.165, 1.54) is 32.1 Å². The molecule has 0 bridgehead atoms. The number of carbonyl (C=O) groups is 1. The Hall–Kier alpha value is -3.41. The summed E-state index contributed by atoms with van der Waals surface area (Å²) in [6.07, 6.45) is 6.90. The van der Waals surface area contributed by atoms with Crippen LogP contribution in [-0.4, -0.2) is 34.3 Å². The van der Waals surface area contributed by atoms with Crippen LogP contribution in [0.4, 0.5) is 0 Å². The Morgan fingerprint density at radius 1 is 0.909 bits per heavy atom. The summed E-state index contributed by atoms with van der Waals surface area (Å²) >= 11 is 0. The minimum atomic E-state index is -0.814. The zero-order valence-corrected chi connectivity index (χ0v) is 18.8. The third-order valence-corrected chi connectivity index (χ3v) is 5.88. The molecule has 3 aromatic rings. The minimum absolute atomic E-state index is 0.0990. The molecule has 1 aliphatic carbocycles. The fourth-order valence-corrected chi connectivity index (χ4v) is 4.06. The van der Waals surface area contributed by atoms with E-state index in [2.05, 4.69) is 0 Å². The van der Waals surface area contributed by atoms with E-state index in [9.17, 15) is 4.79 Å². The second kappa shape index (κ2) is 11.5. The van der Waals surface area contributed by atoms with Crippen LogP contribution >= 0.6 is 0 Å². The summed E-state index contributed by atoms with van der Waals surface area (Å²) in [6, 6.07) is 19.5. The maximum atomic E-state index is 10.6. The Balaban J connectivity index is 1.51. The summed E-state index contributed by atoms with van der Waals surface area (Å²) in [5.74, 6) is 1.67. The Labute approximate surface area is 194 Å². The molecule has 0 unspecified atom stereocenters. The molecule has 1 heterocycles. The van der Waals surface area contributed by atoms with Gasteiger partial charge in [0, 0.05) is 23.6 Å². The highest BCUT2D eigenvalue weighted by molar-refractivity contribution is 5.66. The van der Waals surface area contributed by atoms with Crippen molar-refractivity contribution in [1.82, 2.24) is 9.97 Å². The highest BCUT2D eigenvalue weighted by Gasteiger charge is 2.16. The van der Waals surface area contributed by atoms with Crippen molar-refractivity contribution in [1.29, 1.82) is 0 Å². The topological polar surface area (TPSA) is 81.5 Å². The second-order valence-electron chi connectivity index (χ2n) is 8.47. The van der Waals surface area contributed by atoms with Crippen molar-refractivity contribution in [2.24, 2.45) is 5.92 Å². The molecule has 33 heavy (non-hydrogen) atoms. The van der Waals surface area contributed by atoms with Gasteiger partial charge in [-0.05, 0) is 49.4 Å². The van der Waals surface area contributed by atoms with Gasteiger partial charge in [-0.15, -0.1) is 0 Å². The number of rotatable bonds is 10. The van der Waals surface area contributed by atoms with Crippen LogP contribution in [0.5, 0.6) is 11.6 Å². The number of benzene rings is 2. The average Bonchev–Trinajstić information content (AvgIpc) is 2.87. The number of hydrogen-bond acceptors (Lipinski definition) is 5. The number of hydrogen-bond donors (Lipinski definition) is 1. The highest BCUT2D eigenvalue weighted by Crippen LogP contribution is 2.28. The van der Waals surface area contributed by atoms with Gasteiger partial charge in [-0.1, -0.05) is 49.6 Å². The van der Waals surface area contributed by atoms with E-state index in [1.807, 2.05) is 60.7 Å². The van der Waals surface area contributed by atoms with E-state index in [0.717, 1.165) is 16.8 Å². The summed E-state index contributed by atoms with van der Waals surface area (Å²) in [6.45, 7) is 1.05. The lowest BCUT2D eigenvalue weighted by Crippen LogP contribution is -2.16. The van der Waals surface area contributed by atoms with E-state index >= 15 is 0 Å². The first-order valence-corrected chi connectivity index (χ1v) is 11.7. The van der Waals surface area contributed by atoms with Gasteiger partial charge < -0.3 is 14.6 Å². The van der Waals surface area contributed by atoms with Crippen molar-refractivity contribution < 1.29 is 19.4 Å². The normalized spacial score (nSPS) is 14.1. The number of aliphatic carboxylic acids is 1. The van der Waals surface area contributed by atoms with Gasteiger partial charge in [0.1, 0.15) is 5.75 Å². The maximum Gasteiger partial charge on any atom is 0.303 e. The van der Waals surface area contributed by atoms with Gasteiger partial charge in [0.2, 0.25) is 5.88 Å². The van der Waals surface area contributed by atoms with Crippen molar-refractivity contribution in [2.75, 3.05) is 13.2 Å². The minimum Gasteiger partial charge on any atom is -0.494 e. The lowest BCUT2D eigenvalue weighted by Gasteiger charge is -2.21. The first kappa shape index (κ1) is 22.8. The largest absolute Gasteiger partial charge is 0.494 e. The van der Waals surface area contributed by atoms with Crippen LogP contribution in [0.15, 0.2) is 60.7 Å². The van der Waals surface area contributed by atoms with Crippen LogP contribution in [0.2, 0.25) is 0 Å². The summed E-state index contributed by atoms with van der Waals surface area (Å²) in [7, 11) is 0. The summed E-state index contributed by atoms with van der Waals surface area (Å²) < 4.78 is 11.8. The molecule has 4 rings (SSSR count). The predicted octanol–water partition coefficient (Wildman–Crippen LogP) is 6.01. The van der Waals surface area contributed by atoms with Crippen LogP contribution in [-0.2, 0) is 4.79 Å². The SMILES string of the molecule is O=C(O)CCCOc1ccc(-c2nc(OCC3CCCCC3)cc(-c3ccccc3)n2)cc1. The fourth-order valence-electron chi connectivity index (χ4n) is 4.06. The molecule has 1 fully saturated rings. The molecule has 1 aromatic heterocycles. The van der Waals surface area contributed by atoms with E-state index in [4.69, 9.17) is 24.5 Å². The third-order valence-electron chi connectivity index (χ3n) is 5.88. The lowest BCUT2D eigenvalue weighted by molar-refractivity contribution is -0.137. The quantitative estimate of drug-likeness (QED) is 0.384. The molecular weight excluding hydrogens is 416 g/mol. The van der Waals surface area contributed by atoms with Gasteiger partial charge in [0.05, 0.1) is 18.9 Å². The molecule has 0 atom stereocenters. The Bertz CT molecular complexity index is 1030. The van der Waals surface area contributed by atoms with E-state index < -0.39 is 5.97 Å². The molecule has 0 spiro atoms. The number of nitrogens with zero attached hydrogens (tertiary/aromatic N) is 2. The first-order chi connectivity index (χ1) is 16.2. The zero-order chi connectivity index (χ0) is 22.9. The Morgan fingerprint density at radius 3 is 2.39 bits per heavy atom. The van der Waals surface area contributed by atoms with Crippen LogP contribution in [0.25, 0.3) is 22.6 Å². The predicted molar refractivity (Wildman–Crippen MR) is 127 cm³/mol. The highest BCUT2D eigenvalue weighted by atomic mass is 16.5. The maximum absolute atomic E-state index is 10.6. The molecule has 1 aliphatic rings. The Morgan fingerprint density at radius 2 is 1.67 bits per heavy atom. The van der Waals surface area contributed by atoms with Crippen molar-refractivity contribution in [3.05, 3.63) is 60.7 Å². The Kier molecular flexibility index (Phi) is 7.90. The van der Waals surface area contributed by atoms with Crippen molar-refractivity contribution in [2.45, 2.75) is 44.9 Å². The number of carboxylic acids is 1. The molecule has 0 radical (unpaired) electrons. The number of carboxylic acid groups (broad SMARTS) is 1. The number of aromatic nitrogens is 2. The van der Waals surface area contributed by atoms with Crippen LogP contribution < -0.4 is 9.47 Å². The van der Waals surface area contributed by atoms with Crippen LogP contribution in [0.1, 0.15) is 44.9 Å². The monoisotopic (exact) mass is 446 g/mol. The van der Waals surface area contributed by atoms with Gasteiger partial charge in [-0.2, -0.15) is 4.98 Å². The van der Waals surface area contributed by atoms with Crippen LogP contribution in [0.3, 0.4) is 0 Å². The molecule has 6 nitrogen and oxygen atoms in total. The molecule has 2 aromatic carbocycles. The molecule has 0 amide bonds. The molecule has 6 heteroatoms. The van der Waals surface area contributed by atoms with E-state index in [1.54, 1.807) is 0 Å². The molecule has 172 valence electrons. The zero-order valence-electron chi connectivity index (χ0n) is 18.8. The third kappa shape index (κ3) is 6.78. The smallest absolute Gasteiger partial charge is 0.303 e.